The van der Waals surface area contributed by atoms with Gasteiger partial charge < -0.3 is 10.2 Å². The molecule has 4 rings (SSSR count). The summed E-state index contributed by atoms with van der Waals surface area (Å²) >= 11 is 0. The number of nitrogens with one attached hydrogen (secondary N) is 1. The van der Waals surface area contributed by atoms with Crippen molar-refractivity contribution in [2.24, 2.45) is 0 Å². The predicted octanol–water partition coefficient (Wildman–Crippen LogP) is 2.25. The molecule has 1 fully saturated rings. The SMILES string of the molecule is O=C(NCc1ccc(Cn2cncn2)cc1)c1cccnc1N1CCCC1. The van der Waals surface area contributed by atoms with Crippen LogP contribution in [0.15, 0.2) is 55.2 Å². The molecule has 7 nitrogen and oxygen atoms in total. The first-order valence-electron chi connectivity index (χ1n) is 9.18. The van der Waals surface area contributed by atoms with Crippen molar-refractivity contribution in [2.45, 2.75) is 25.9 Å². The van der Waals surface area contributed by atoms with Crippen molar-refractivity contribution in [1.82, 2.24) is 25.1 Å². The molecular formula is C20H22N6O. The summed E-state index contributed by atoms with van der Waals surface area (Å²) in [5.74, 6) is 0.701. The number of hydrogen-bond donors (Lipinski definition) is 1. The second-order valence-electron chi connectivity index (χ2n) is 6.66. The monoisotopic (exact) mass is 362 g/mol. The Morgan fingerprint density at radius 2 is 1.85 bits per heavy atom. The average Bonchev–Trinajstić information content (AvgIpc) is 3.41. The number of hydrogen-bond acceptors (Lipinski definition) is 5. The predicted molar refractivity (Wildman–Crippen MR) is 102 cm³/mol. The molecule has 0 bridgehead atoms. The maximum Gasteiger partial charge on any atom is 0.255 e. The number of anilines is 1. The molecule has 0 saturated carbocycles. The summed E-state index contributed by atoms with van der Waals surface area (Å²) in [5, 5.41) is 7.12. The fraction of sp³-hybridized carbons (Fsp3) is 0.300. The molecule has 1 aliphatic heterocycles. The number of carbonyl (C=O) groups excluding carboxylic acids is 1. The van der Waals surface area contributed by atoms with Crippen LogP contribution in [-0.4, -0.2) is 38.7 Å². The van der Waals surface area contributed by atoms with Crippen molar-refractivity contribution in [3.8, 4) is 0 Å². The molecule has 0 atom stereocenters. The van der Waals surface area contributed by atoms with Crippen LogP contribution in [0.5, 0.6) is 0 Å². The Hall–Kier alpha value is -3.22. The molecule has 0 unspecified atom stereocenters. The fourth-order valence-electron chi connectivity index (χ4n) is 3.30. The zero-order valence-corrected chi connectivity index (χ0v) is 15.1. The van der Waals surface area contributed by atoms with Crippen molar-refractivity contribution in [1.29, 1.82) is 0 Å². The molecule has 3 aromatic rings. The van der Waals surface area contributed by atoms with Gasteiger partial charge in [-0.25, -0.2) is 14.6 Å². The second kappa shape index (κ2) is 7.99. The Labute approximate surface area is 158 Å². The molecular weight excluding hydrogens is 340 g/mol. The molecule has 1 aromatic carbocycles. The van der Waals surface area contributed by atoms with Crippen LogP contribution < -0.4 is 10.2 Å². The van der Waals surface area contributed by atoms with Crippen LogP contribution >= 0.6 is 0 Å². The molecule has 1 N–H and O–H groups in total. The third kappa shape index (κ3) is 4.13. The van der Waals surface area contributed by atoms with Gasteiger partial charge in [-0.3, -0.25) is 4.79 Å². The highest BCUT2D eigenvalue weighted by Crippen LogP contribution is 2.21. The quantitative estimate of drug-likeness (QED) is 0.728. The van der Waals surface area contributed by atoms with E-state index in [0.29, 0.717) is 18.7 Å². The van der Waals surface area contributed by atoms with Crippen molar-refractivity contribution in [3.63, 3.8) is 0 Å². The lowest BCUT2D eigenvalue weighted by molar-refractivity contribution is 0.0951. The minimum atomic E-state index is -0.0864. The highest BCUT2D eigenvalue weighted by Gasteiger charge is 2.20. The average molecular weight is 362 g/mol. The van der Waals surface area contributed by atoms with E-state index in [2.05, 4.69) is 25.3 Å². The van der Waals surface area contributed by atoms with E-state index >= 15 is 0 Å². The van der Waals surface area contributed by atoms with Gasteiger partial charge in [0.15, 0.2) is 0 Å². The van der Waals surface area contributed by atoms with E-state index in [1.807, 2.05) is 36.4 Å². The molecule has 138 valence electrons. The highest BCUT2D eigenvalue weighted by atomic mass is 16.1. The van der Waals surface area contributed by atoms with Crippen LogP contribution in [0.2, 0.25) is 0 Å². The minimum Gasteiger partial charge on any atom is -0.356 e. The summed E-state index contributed by atoms with van der Waals surface area (Å²) in [6, 6.07) is 11.8. The Balaban J connectivity index is 1.38. The number of nitrogens with zero attached hydrogens (tertiary/aromatic N) is 5. The zero-order chi connectivity index (χ0) is 18.5. The summed E-state index contributed by atoms with van der Waals surface area (Å²) in [4.78, 5) is 23.2. The number of pyridine rings is 1. The number of benzene rings is 1. The Morgan fingerprint density at radius 3 is 2.59 bits per heavy atom. The number of rotatable bonds is 6. The van der Waals surface area contributed by atoms with E-state index in [4.69, 9.17) is 0 Å². The first-order valence-corrected chi connectivity index (χ1v) is 9.18. The molecule has 1 saturated heterocycles. The lowest BCUT2D eigenvalue weighted by Gasteiger charge is -2.19. The van der Waals surface area contributed by atoms with Gasteiger partial charge in [-0.15, -0.1) is 0 Å². The summed E-state index contributed by atoms with van der Waals surface area (Å²) in [6.07, 6.45) is 7.27. The van der Waals surface area contributed by atoms with Gasteiger partial charge in [0.1, 0.15) is 18.5 Å². The first kappa shape index (κ1) is 17.2. The van der Waals surface area contributed by atoms with Crippen LogP contribution in [0.1, 0.15) is 34.3 Å². The summed E-state index contributed by atoms with van der Waals surface area (Å²) in [6.45, 7) is 3.09. The Bertz CT molecular complexity index is 885. The molecule has 0 aliphatic carbocycles. The van der Waals surface area contributed by atoms with E-state index in [1.54, 1.807) is 17.2 Å². The van der Waals surface area contributed by atoms with Crippen LogP contribution in [-0.2, 0) is 13.1 Å². The van der Waals surface area contributed by atoms with Gasteiger partial charge in [-0.1, -0.05) is 24.3 Å². The van der Waals surface area contributed by atoms with Crippen LogP contribution in [0.4, 0.5) is 5.82 Å². The number of amides is 1. The zero-order valence-electron chi connectivity index (χ0n) is 15.1. The van der Waals surface area contributed by atoms with Crippen LogP contribution in [0.25, 0.3) is 0 Å². The maximum atomic E-state index is 12.7. The maximum absolute atomic E-state index is 12.7. The Kier molecular flexibility index (Phi) is 5.09. The lowest BCUT2D eigenvalue weighted by Crippen LogP contribution is -2.27. The normalized spacial score (nSPS) is 13.7. The molecule has 1 amide bonds. The van der Waals surface area contributed by atoms with Crippen molar-refractivity contribution in [3.05, 3.63) is 71.9 Å². The highest BCUT2D eigenvalue weighted by molar-refractivity contribution is 5.98. The summed E-state index contributed by atoms with van der Waals surface area (Å²) in [5.41, 5.74) is 2.83. The second-order valence-corrected chi connectivity index (χ2v) is 6.66. The molecule has 2 aromatic heterocycles. The van der Waals surface area contributed by atoms with Crippen molar-refractivity contribution < 1.29 is 4.79 Å². The van der Waals surface area contributed by atoms with Gasteiger partial charge in [0, 0.05) is 25.8 Å². The molecule has 7 heteroatoms. The van der Waals surface area contributed by atoms with Gasteiger partial charge in [0.25, 0.3) is 5.91 Å². The largest absolute Gasteiger partial charge is 0.356 e. The van der Waals surface area contributed by atoms with Crippen LogP contribution in [0.3, 0.4) is 0 Å². The third-order valence-corrected chi connectivity index (χ3v) is 4.72. The van der Waals surface area contributed by atoms with Gasteiger partial charge in [0.2, 0.25) is 0 Å². The number of aromatic nitrogens is 4. The van der Waals surface area contributed by atoms with E-state index < -0.39 is 0 Å². The third-order valence-electron chi connectivity index (χ3n) is 4.72. The van der Waals surface area contributed by atoms with Gasteiger partial charge in [0.05, 0.1) is 12.1 Å². The van der Waals surface area contributed by atoms with Gasteiger partial charge in [-0.2, -0.15) is 5.10 Å². The Morgan fingerprint density at radius 1 is 1.07 bits per heavy atom. The van der Waals surface area contributed by atoms with E-state index in [1.165, 1.54) is 6.33 Å². The molecule has 27 heavy (non-hydrogen) atoms. The van der Waals surface area contributed by atoms with Gasteiger partial charge >= 0.3 is 0 Å². The standard InChI is InChI=1S/C20H22N6O/c27-20(18-4-3-9-22-19(18)25-10-1-2-11-25)23-12-16-5-7-17(8-6-16)13-26-15-21-14-24-26/h3-9,14-15H,1-2,10-13H2,(H,23,27). The first-order chi connectivity index (χ1) is 13.3. The lowest BCUT2D eigenvalue weighted by atomic mass is 10.1. The minimum absolute atomic E-state index is 0.0864. The molecule has 0 spiro atoms. The summed E-state index contributed by atoms with van der Waals surface area (Å²) < 4.78 is 1.78. The fourth-order valence-corrected chi connectivity index (χ4v) is 3.30. The molecule has 3 heterocycles. The van der Waals surface area contributed by atoms with E-state index in [9.17, 15) is 4.79 Å². The van der Waals surface area contributed by atoms with E-state index in [0.717, 1.165) is 42.9 Å². The topological polar surface area (TPSA) is 75.9 Å². The molecule has 1 aliphatic rings. The smallest absolute Gasteiger partial charge is 0.255 e. The number of carbonyl (C=O) groups is 1. The van der Waals surface area contributed by atoms with Gasteiger partial charge in [-0.05, 0) is 36.1 Å². The van der Waals surface area contributed by atoms with E-state index in [-0.39, 0.29) is 5.91 Å². The van der Waals surface area contributed by atoms with Crippen molar-refractivity contribution >= 4 is 11.7 Å². The van der Waals surface area contributed by atoms with Crippen LogP contribution in [0, 0.1) is 0 Å². The summed E-state index contributed by atoms with van der Waals surface area (Å²) in [7, 11) is 0. The molecule has 0 radical (unpaired) electrons. The van der Waals surface area contributed by atoms with Crippen molar-refractivity contribution in [2.75, 3.05) is 18.0 Å².